The van der Waals surface area contributed by atoms with Crippen molar-refractivity contribution in [3.05, 3.63) is 54.4 Å². The van der Waals surface area contributed by atoms with E-state index in [1.807, 2.05) is 19.2 Å². The summed E-state index contributed by atoms with van der Waals surface area (Å²) in [5, 5.41) is 6.97. The van der Waals surface area contributed by atoms with Gasteiger partial charge in [-0.25, -0.2) is 4.98 Å². The number of hydrogen-bond acceptors (Lipinski definition) is 4. The minimum Gasteiger partial charge on any atom is -0.497 e. The third-order valence-electron chi connectivity index (χ3n) is 6.18. The molecule has 0 spiro atoms. The Morgan fingerprint density at radius 2 is 2.06 bits per heavy atom. The molecule has 2 N–H and O–H groups in total. The molecule has 4 rings (SSSR count). The number of aromatic nitrogens is 2. The van der Waals surface area contributed by atoms with Gasteiger partial charge in [-0.3, -0.25) is 4.99 Å². The molecule has 0 amide bonds. The lowest BCUT2D eigenvalue weighted by Crippen LogP contribution is -2.40. The highest BCUT2D eigenvalue weighted by molar-refractivity contribution is 5.79. The number of methoxy groups -OCH3 is 1. The number of fused-ring (bicyclic) bond motifs is 1. The molecule has 7 heteroatoms. The van der Waals surface area contributed by atoms with Crippen LogP contribution in [0.15, 0.2) is 53.5 Å². The topological polar surface area (TPSA) is 66.7 Å². The predicted molar refractivity (Wildman–Crippen MR) is 132 cm³/mol. The Morgan fingerprint density at radius 3 is 2.91 bits per heavy atom. The number of para-hydroxylation sites is 2. The zero-order chi connectivity index (χ0) is 22.3. The summed E-state index contributed by atoms with van der Waals surface area (Å²) in [5.41, 5.74) is 3.50. The Bertz CT molecular complexity index is 1060. The number of imidazole rings is 1. The van der Waals surface area contributed by atoms with Gasteiger partial charge in [0.05, 0.1) is 18.1 Å². The Balaban J connectivity index is 1.20. The van der Waals surface area contributed by atoms with Gasteiger partial charge in [-0.05, 0) is 49.9 Å². The van der Waals surface area contributed by atoms with Crippen LogP contribution in [-0.2, 0) is 6.54 Å². The van der Waals surface area contributed by atoms with Gasteiger partial charge in [0.25, 0.3) is 0 Å². The lowest BCUT2D eigenvalue weighted by molar-refractivity contribution is 0.415. The van der Waals surface area contributed by atoms with Gasteiger partial charge in [0.2, 0.25) is 0 Å². The summed E-state index contributed by atoms with van der Waals surface area (Å²) in [6.07, 6.45) is 2.18. The van der Waals surface area contributed by atoms with Gasteiger partial charge in [-0.15, -0.1) is 0 Å². The number of aryl methyl sites for hydroxylation is 2. The first kappa shape index (κ1) is 22.0. The molecule has 1 aliphatic heterocycles. The molecule has 1 saturated heterocycles. The van der Waals surface area contributed by atoms with Crippen LogP contribution >= 0.6 is 0 Å². The molecule has 7 nitrogen and oxygen atoms in total. The monoisotopic (exact) mass is 434 g/mol. The maximum Gasteiger partial charge on any atom is 0.190 e. The molecule has 1 aromatic heterocycles. The lowest BCUT2D eigenvalue weighted by atomic mass is 10.1. The fourth-order valence-electron chi connectivity index (χ4n) is 4.42. The van der Waals surface area contributed by atoms with E-state index in [0.717, 1.165) is 62.2 Å². The van der Waals surface area contributed by atoms with Crippen LogP contribution in [0, 0.1) is 12.8 Å². The Hall–Kier alpha value is -3.22. The number of nitrogens with one attached hydrogen (secondary N) is 2. The first-order chi connectivity index (χ1) is 15.7. The van der Waals surface area contributed by atoms with Gasteiger partial charge >= 0.3 is 0 Å². The standard InChI is InChI=1S/C25H34N6O/c1-19-29-23-10-4-5-11-24(23)31(19)14-7-13-27-25(26-2)28-17-20-12-15-30(18-20)21-8-6-9-22(16-21)32-3/h4-6,8-11,16,20H,7,12-15,17-18H2,1-3H3,(H2,26,27,28). The molecule has 0 bridgehead atoms. The summed E-state index contributed by atoms with van der Waals surface area (Å²) in [6, 6.07) is 16.6. The number of rotatable bonds is 8. The number of anilines is 1. The highest BCUT2D eigenvalue weighted by Gasteiger charge is 2.23. The predicted octanol–water partition coefficient (Wildman–Crippen LogP) is 3.43. The van der Waals surface area contributed by atoms with Crippen molar-refractivity contribution in [2.45, 2.75) is 26.3 Å². The quantitative estimate of drug-likeness (QED) is 0.323. The second-order valence-corrected chi connectivity index (χ2v) is 8.34. The van der Waals surface area contributed by atoms with Gasteiger partial charge in [0, 0.05) is 51.5 Å². The van der Waals surface area contributed by atoms with Crippen LogP contribution in [-0.4, -0.2) is 55.8 Å². The molecule has 0 saturated carbocycles. The van der Waals surface area contributed by atoms with Crippen LogP contribution in [0.2, 0.25) is 0 Å². The van der Waals surface area contributed by atoms with E-state index >= 15 is 0 Å². The normalized spacial score (nSPS) is 16.5. The van der Waals surface area contributed by atoms with Crippen LogP contribution < -0.4 is 20.3 Å². The Labute approximate surface area is 190 Å². The first-order valence-corrected chi connectivity index (χ1v) is 11.4. The maximum absolute atomic E-state index is 5.36. The molecule has 32 heavy (non-hydrogen) atoms. The molecule has 1 atom stereocenters. The zero-order valence-corrected chi connectivity index (χ0v) is 19.3. The summed E-state index contributed by atoms with van der Waals surface area (Å²) < 4.78 is 7.66. The van der Waals surface area contributed by atoms with Crippen molar-refractivity contribution in [1.29, 1.82) is 0 Å². The zero-order valence-electron chi connectivity index (χ0n) is 19.3. The van der Waals surface area contributed by atoms with Crippen LogP contribution in [0.25, 0.3) is 11.0 Å². The van der Waals surface area contributed by atoms with E-state index in [2.05, 4.69) is 73.4 Å². The van der Waals surface area contributed by atoms with E-state index in [0.29, 0.717) is 5.92 Å². The number of benzene rings is 2. The highest BCUT2D eigenvalue weighted by Crippen LogP contribution is 2.26. The molecular formula is C25H34N6O. The number of aliphatic imine (C=N–C) groups is 1. The average molecular weight is 435 g/mol. The van der Waals surface area contributed by atoms with E-state index < -0.39 is 0 Å². The van der Waals surface area contributed by atoms with Crippen LogP contribution in [0.1, 0.15) is 18.7 Å². The molecular weight excluding hydrogens is 400 g/mol. The van der Waals surface area contributed by atoms with E-state index in [1.54, 1.807) is 7.11 Å². The minimum absolute atomic E-state index is 0.597. The van der Waals surface area contributed by atoms with Gasteiger partial charge < -0.3 is 24.8 Å². The second-order valence-electron chi connectivity index (χ2n) is 8.34. The molecule has 3 aromatic rings. The SMILES string of the molecule is CN=C(NCCCn1c(C)nc2ccccc21)NCC1CCN(c2cccc(OC)c2)C1. The van der Waals surface area contributed by atoms with Crippen molar-refractivity contribution < 1.29 is 4.74 Å². The summed E-state index contributed by atoms with van der Waals surface area (Å²) >= 11 is 0. The number of nitrogens with zero attached hydrogens (tertiary/aromatic N) is 4. The number of guanidine groups is 1. The van der Waals surface area contributed by atoms with Crippen LogP contribution in [0.4, 0.5) is 5.69 Å². The molecule has 2 heterocycles. The third kappa shape index (κ3) is 5.15. The van der Waals surface area contributed by atoms with Gasteiger partial charge in [0.1, 0.15) is 11.6 Å². The van der Waals surface area contributed by atoms with Gasteiger partial charge in [-0.1, -0.05) is 18.2 Å². The molecule has 1 unspecified atom stereocenters. The fraction of sp³-hybridized carbons (Fsp3) is 0.440. The fourth-order valence-corrected chi connectivity index (χ4v) is 4.42. The minimum atomic E-state index is 0.597. The van der Waals surface area contributed by atoms with E-state index in [9.17, 15) is 0 Å². The summed E-state index contributed by atoms with van der Waals surface area (Å²) in [6.45, 7) is 6.92. The van der Waals surface area contributed by atoms with Crippen LogP contribution in [0.3, 0.4) is 0 Å². The molecule has 0 aliphatic carbocycles. The number of hydrogen-bond donors (Lipinski definition) is 2. The first-order valence-electron chi connectivity index (χ1n) is 11.4. The van der Waals surface area contributed by atoms with E-state index in [1.165, 1.54) is 17.6 Å². The van der Waals surface area contributed by atoms with E-state index in [-0.39, 0.29) is 0 Å². The van der Waals surface area contributed by atoms with Crippen molar-refractivity contribution >= 4 is 22.7 Å². The summed E-state index contributed by atoms with van der Waals surface area (Å²) in [4.78, 5) is 11.5. The van der Waals surface area contributed by atoms with Crippen molar-refractivity contribution in [3.8, 4) is 5.75 Å². The molecule has 1 aliphatic rings. The molecule has 170 valence electrons. The summed E-state index contributed by atoms with van der Waals surface area (Å²) in [7, 11) is 3.55. The highest BCUT2D eigenvalue weighted by atomic mass is 16.5. The van der Waals surface area contributed by atoms with Gasteiger partial charge in [0.15, 0.2) is 5.96 Å². The second kappa shape index (κ2) is 10.4. The van der Waals surface area contributed by atoms with E-state index in [4.69, 9.17) is 4.74 Å². The molecule has 0 radical (unpaired) electrons. The Kier molecular flexibility index (Phi) is 7.14. The van der Waals surface area contributed by atoms with Crippen molar-refractivity contribution in [2.75, 3.05) is 45.2 Å². The molecule has 1 fully saturated rings. The lowest BCUT2D eigenvalue weighted by Gasteiger charge is -2.20. The average Bonchev–Trinajstić information content (AvgIpc) is 3.43. The maximum atomic E-state index is 5.36. The number of ether oxygens (including phenoxy) is 1. The van der Waals surface area contributed by atoms with Crippen molar-refractivity contribution in [3.63, 3.8) is 0 Å². The largest absolute Gasteiger partial charge is 0.497 e. The van der Waals surface area contributed by atoms with Crippen molar-refractivity contribution in [1.82, 2.24) is 20.2 Å². The molecule has 2 aromatic carbocycles. The smallest absolute Gasteiger partial charge is 0.190 e. The Morgan fingerprint density at radius 1 is 1.19 bits per heavy atom. The third-order valence-corrected chi connectivity index (χ3v) is 6.18. The summed E-state index contributed by atoms with van der Waals surface area (Å²) in [5.74, 6) is 3.44. The van der Waals surface area contributed by atoms with Gasteiger partial charge in [-0.2, -0.15) is 0 Å². The van der Waals surface area contributed by atoms with Crippen molar-refractivity contribution in [2.24, 2.45) is 10.9 Å². The van der Waals surface area contributed by atoms with Crippen LogP contribution in [0.5, 0.6) is 5.75 Å².